The maximum atomic E-state index is 12.9. The van der Waals surface area contributed by atoms with Gasteiger partial charge in [-0.15, -0.1) is 22.0 Å². The maximum absolute atomic E-state index is 12.9. The van der Waals surface area contributed by atoms with Crippen LogP contribution >= 0.6 is 23.1 Å². The topological polar surface area (TPSA) is 59.2 Å². The van der Waals surface area contributed by atoms with Gasteiger partial charge in [0.1, 0.15) is 0 Å². The highest BCUT2D eigenvalue weighted by atomic mass is 32.2. The van der Waals surface area contributed by atoms with Crippen molar-refractivity contribution < 1.29 is 9.21 Å². The van der Waals surface area contributed by atoms with Crippen molar-refractivity contribution in [3.63, 3.8) is 0 Å². The minimum Gasteiger partial charge on any atom is -0.420 e. The molecule has 2 aromatic heterocycles. The highest BCUT2D eigenvalue weighted by Crippen LogP contribution is 2.29. The molecule has 1 aromatic carbocycles. The van der Waals surface area contributed by atoms with Crippen molar-refractivity contribution in [3.05, 3.63) is 52.5 Å². The van der Waals surface area contributed by atoms with Gasteiger partial charge in [-0.3, -0.25) is 4.79 Å². The van der Waals surface area contributed by atoms with Crippen molar-refractivity contribution in [1.82, 2.24) is 15.1 Å². The molecular weight excluding hydrogens is 402 g/mol. The largest absolute Gasteiger partial charge is 0.420 e. The number of thiophene rings is 1. The molecule has 1 amide bonds. The Bertz CT molecular complexity index is 935. The molecule has 3 heterocycles. The molecule has 1 atom stereocenters. The minimum absolute atomic E-state index is 0.109. The molecule has 4 rings (SSSR count). The van der Waals surface area contributed by atoms with Gasteiger partial charge in [-0.1, -0.05) is 26.0 Å². The summed E-state index contributed by atoms with van der Waals surface area (Å²) in [5, 5.41) is 13.0. The number of aromatic nitrogens is 2. The van der Waals surface area contributed by atoms with Gasteiger partial charge in [0, 0.05) is 34.2 Å². The van der Waals surface area contributed by atoms with E-state index in [-0.39, 0.29) is 11.8 Å². The molecule has 29 heavy (non-hydrogen) atoms. The Kier molecular flexibility index (Phi) is 6.35. The van der Waals surface area contributed by atoms with Crippen LogP contribution in [0.3, 0.4) is 0 Å². The third kappa shape index (κ3) is 5.08. The molecule has 3 aromatic rings. The van der Waals surface area contributed by atoms with E-state index in [1.807, 2.05) is 33.5 Å². The number of hydrogen-bond acceptors (Lipinski definition) is 6. The summed E-state index contributed by atoms with van der Waals surface area (Å²) in [6.45, 7) is 5.80. The number of piperidine rings is 1. The Balaban J connectivity index is 1.37. The van der Waals surface area contributed by atoms with E-state index in [4.69, 9.17) is 4.42 Å². The van der Waals surface area contributed by atoms with Crippen LogP contribution in [0.5, 0.6) is 0 Å². The van der Waals surface area contributed by atoms with E-state index >= 15 is 0 Å². The lowest BCUT2D eigenvalue weighted by molar-refractivity contribution is -0.131. The molecule has 0 radical (unpaired) electrons. The third-order valence-corrected chi connectivity index (χ3v) is 6.68. The number of likely N-dealkylation sites (tertiary alicyclic amines) is 1. The van der Waals surface area contributed by atoms with Crippen LogP contribution in [-0.4, -0.2) is 39.3 Å². The molecule has 152 valence electrons. The lowest BCUT2D eigenvalue weighted by Crippen LogP contribution is -2.40. The fourth-order valence-corrected chi connectivity index (χ4v) is 5.02. The zero-order chi connectivity index (χ0) is 20.2. The smallest absolute Gasteiger partial charge is 0.248 e. The second-order valence-electron chi connectivity index (χ2n) is 7.62. The minimum atomic E-state index is 0.109. The number of hydrogen-bond donors (Lipinski definition) is 0. The van der Waals surface area contributed by atoms with Crippen molar-refractivity contribution in [2.24, 2.45) is 0 Å². The Labute approximate surface area is 179 Å². The summed E-state index contributed by atoms with van der Waals surface area (Å²) in [6.07, 6.45) is 2.36. The molecule has 0 unspecified atom stereocenters. The Morgan fingerprint density at radius 3 is 2.83 bits per heavy atom. The van der Waals surface area contributed by atoms with Gasteiger partial charge in [0.15, 0.2) is 0 Å². The SMILES string of the molecule is CC(C)Sc1ccc(CC(=O)N2CCC[C@H](c3nnc(-c4ccsc4)o3)C2)cc1. The summed E-state index contributed by atoms with van der Waals surface area (Å²) in [5.74, 6) is 1.47. The molecule has 5 nitrogen and oxygen atoms in total. The number of amides is 1. The van der Waals surface area contributed by atoms with Crippen LogP contribution in [0, 0.1) is 0 Å². The molecule has 0 bridgehead atoms. The number of rotatable bonds is 6. The summed E-state index contributed by atoms with van der Waals surface area (Å²) in [4.78, 5) is 16.0. The molecule has 0 saturated carbocycles. The van der Waals surface area contributed by atoms with E-state index in [0.29, 0.717) is 30.0 Å². The average Bonchev–Trinajstić information content (AvgIpc) is 3.41. The second kappa shape index (κ2) is 9.13. The Morgan fingerprint density at radius 2 is 2.10 bits per heavy atom. The molecule has 1 fully saturated rings. The predicted octanol–water partition coefficient (Wildman–Crippen LogP) is 5.25. The van der Waals surface area contributed by atoms with Crippen LogP contribution in [0.1, 0.15) is 44.1 Å². The number of thioether (sulfide) groups is 1. The van der Waals surface area contributed by atoms with Gasteiger partial charge in [0.05, 0.1) is 12.3 Å². The first-order valence-electron chi connectivity index (χ1n) is 9.98. The number of carbonyl (C=O) groups excluding carboxylic acids is 1. The van der Waals surface area contributed by atoms with Gasteiger partial charge in [-0.2, -0.15) is 11.3 Å². The Morgan fingerprint density at radius 1 is 1.28 bits per heavy atom. The normalized spacial score (nSPS) is 17.1. The van der Waals surface area contributed by atoms with Crippen LogP contribution in [0.2, 0.25) is 0 Å². The number of carbonyl (C=O) groups is 1. The molecule has 7 heteroatoms. The summed E-state index contributed by atoms with van der Waals surface area (Å²) in [6, 6.07) is 10.3. The van der Waals surface area contributed by atoms with Gasteiger partial charge in [0.2, 0.25) is 17.7 Å². The lowest BCUT2D eigenvalue weighted by Gasteiger charge is -2.31. The molecule has 1 saturated heterocycles. The van der Waals surface area contributed by atoms with Gasteiger partial charge in [0.25, 0.3) is 0 Å². The van der Waals surface area contributed by atoms with Gasteiger partial charge in [-0.05, 0) is 42.0 Å². The van der Waals surface area contributed by atoms with Gasteiger partial charge >= 0.3 is 0 Å². The van der Waals surface area contributed by atoms with Crippen molar-refractivity contribution in [2.75, 3.05) is 13.1 Å². The van der Waals surface area contributed by atoms with Gasteiger partial charge < -0.3 is 9.32 Å². The summed E-state index contributed by atoms with van der Waals surface area (Å²) in [7, 11) is 0. The predicted molar refractivity (Wildman–Crippen MR) is 117 cm³/mol. The monoisotopic (exact) mass is 427 g/mol. The molecule has 0 spiro atoms. The maximum Gasteiger partial charge on any atom is 0.248 e. The van der Waals surface area contributed by atoms with Crippen LogP contribution in [0.4, 0.5) is 0 Å². The van der Waals surface area contributed by atoms with E-state index in [2.05, 4.69) is 48.3 Å². The van der Waals surface area contributed by atoms with E-state index < -0.39 is 0 Å². The molecule has 1 aliphatic rings. The van der Waals surface area contributed by atoms with Gasteiger partial charge in [-0.25, -0.2) is 0 Å². The summed E-state index contributed by atoms with van der Waals surface area (Å²) < 4.78 is 5.90. The first kappa shape index (κ1) is 20.2. The first-order valence-corrected chi connectivity index (χ1v) is 11.8. The van der Waals surface area contributed by atoms with Crippen molar-refractivity contribution >= 4 is 29.0 Å². The van der Waals surface area contributed by atoms with Crippen LogP contribution in [-0.2, 0) is 11.2 Å². The fourth-order valence-electron chi connectivity index (χ4n) is 3.55. The standard InChI is InChI=1S/C22H25N3O2S2/c1-15(2)29-19-7-5-16(6-8-19)12-20(26)25-10-3-4-17(13-25)21-23-24-22(27-21)18-9-11-28-14-18/h5-9,11,14-15,17H,3-4,10,12-13H2,1-2H3/t17-/m0/s1. The number of nitrogens with zero attached hydrogens (tertiary/aromatic N) is 3. The van der Waals surface area contributed by atoms with E-state index in [1.54, 1.807) is 11.3 Å². The quantitative estimate of drug-likeness (QED) is 0.503. The van der Waals surface area contributed by atoms with E-state index in [9.17, 15) is 4.79 Å². The average molecular weight is 428 g/mol. The van der Waals surface area contributed by atoms with Crippen molar-refractivity contribution in [1.29, 1.82) is 0 Å². The lowest BCUT2D eigenvalue weighted by atomic mass is 9.97. The number of benzene rings is 1. The van der Waals surface area contributed by atoms with E-state index in [1.165, 1.54) is 4.90 Å². The van der Waals surface area contributed by atoms with Crippen LogP contribution in [0.15, 0.2) is 50.4 Å². The highest BCUT2D eigenvalue weighted by molar-refractivity contribution is 7.99. The first-order chi connectivity index (χ1) is 14.1. The summed E-state index contributed by atoms with van der Waals surface area (Å²) in [5.41, 5.74) is 2.01. The van der Waals surface area contributed by atoms with Crippen LogP contribution < -0.4 is 0 Å². The fraction of sp³-hybridized carbons (Fsp3) is 0.409. The highest BCUT2D eigenvalue weighted by Gasteiger charge is 2.28. The zero-order valence-corrected chi connectivity index (χ0v) is 18.3. The molecular formula is C22H25N3O2S2. The molecule has 1 aliphatic heterocycles. The van der Waals surface area contributed by atoms with E-state index in [0.717, 1.165) is 30.5 Å². The third-order valence-electron chi connectivity index (χ3n) is 4.98. The van der Waals surface area contributed by atoms with Crippen molar-refractivity contribution in [3.8, 4) is 11.5 Å². The summed E-state index contributed by atoms with van der Waals surface area (Å²) >= 11 is 3.44. The molecule has 0 N–H and O–H groups in total. The van der Waals surface area contributed by atoms with Crippen molar-refractivity contribution in [2.45, 2.75) is 49.2 Å². The molecule has 0 aliphatic carbocycles. The second-order valence-corrected chi connectivity index (χ2v) is 10.1. The Hall–Kier alpha value is -2.12. The van der Waals surface area contributed by atoms with Crippen LogP contribution in [0.25, 0.3) is 11.5 Å². The zero-order valence-electron chi connectivity index (χ0n) is 16.7.